The van der Waals surface area contributed by atoms with Crippen LogP contribution in [0.15, 0.2) is 51.4 Å². The molecule has 1 unspecified atom stereocenters. The summed E-state index contributed by atoms with van der Waals surface area (Å²) in [4.78, 5) is 0. The summed E-state index contributed by atoms with van der Waals surface area (Å²) in [5.74, 6) is -0.359. The first-order valence-corrected chi connectivity index (χ1v) is 7.02. The van der Waals surface area contributed by atoms with Gasteiger partial charge in [-0.1, -0.05) is 34.1 Å². The van der Waals surface area contributed by atoms with Crippen molar-refractivity contribution in [2.24, 2.45) is 0 Å². The highest BCUT2D eigenvalue weighted by Crippen LogP contribution is 2.23. The van der Waals surface area contributed by atoms with Gasteiger partial charge in [-0.3, -0.25) is 0 Å². The molecule has 0 aromatic heterocycles. The molecule has 1 nitrogen and oxygen atoms in total. The number of aliphatic hydroxyl groups excluding tert-OH is 1. The van der Waals surface area contributed by atoms with Crippen LogP contribution in [0.25, 0.3) is 0 Å². The average molecular weight is 374 g/mol. The van der Waals surface area contributed by atoms with Crippen LogP contribution in [0, 0.1) is 5.82 Å². The maximum Gasteiger partial charge on any atom is 0.137 e. The van der Waals surface area contributed by atoms with Gasteiger partial charge in [0.25, 0.3) is 0 Å². The van der Waals surface area contributed by atoms with Crippen LogP contribution in [0.3, 0.4) is 0 Å². The van der Waals surface area contributed by atoms with Crippen molar-refractivity contribution < 1.29 is 9.50 Å². The van der Waals surface area contributed by atoms with Gasteiger partial charge >= 0.3 is 0 Å². The smallest absolute Gasteiger partial charge is 0.137 e. The molecule has 0 fully saturated rings. The van der Waals surface area contributed by atoms with E-state index in [1.807, 2.05) is 24.3 Å². The zero-order valence-electron chi connectivity index (χ0n) is 9.41. The van der Waals surface area contributed by atoms with E-state index in [0.29, 0.717) is 16.5 Å². The summed E-state index contributed by atoms with van der Waals surface area (Å²) in [6, 6.07) is 12.4. The van der Waals surface area contributed by atoms with E-state index in [9.17, 15) is 9.50 Å². The predicted molar refractivity (Wildman–Crippen MR) is 76.9 cm³/mol. The third-order valence-corrected chi connectivity index (χ3v) is 3.84. The third-order valence-electron chi connectivity index (χ3n) is 2.67. The molecule has 2 aromatic carbocycles. The van der Waals surface area contributed by atoms with Gasteiger partial charge in [-0.15, -0.1) is 0 Å². The number of hydrogen-bond donors (Lipinski definition) is 1. The lowest BCUT2D eigenvalue weighted by Crippen LogP contribution is -2.02. The summed E-state index contributed by atoms with van der Waals surface area (Å²) in [7, 11) is 0. The molecule has 1 N–H and O–H groups in total. The van der Waals surface area contributed by atoms with Crippen LogP contribution >= 0.6 is 31.9 Å². The summed E-state index contributed by atoms with van der Waals surface area (Å²) in [5.41, 5.74) is 1.59. The minimum Gasteiger partial charge on any atom is -0.388 e. The van der Waals surface area contributed by atoms with Gasteiger partial charge in [0.2, 0.25) is 0 Å². The van der Waals surface area contributed by atoms with Crippen LogP contribution in [-0.4, -0.2) is 5.11 Å². The third kappa shape index (κ3) is 3.40. The highest BCUT2D eigenvalue weighted by Gasteiger charge is 2.10. The van der Waals surface area contributed by atoms with Crippen molar-refractivity contribution in [3.8, 4) is 0 Å². The first kappa shape index (κ1) is 13.7. The Bertz CT molecular complexity index is 540. The van der Waals surface area contributed by atoms with Gasteiger partial charge < -0.3 is 5.11 Å². The van der Waals surface area contributed by atoms with Gasteiger partial charge in [0.15, 0.2) is 0 Å². The van der Waals surface area contributed by atoms with E-state index in [0.717, 1.165) is 10.0 Å². The molecule has 0 aliphatic carbocycles. The molecule has 0 saturated heterocycles. The normalized spacial score (nSPS) is 12.4. The molecule has 94 valence electrons. The molecule has 0 radical (unpaired) electrons. The quantitative estimate of drug-likeness (QED) is 0.831. The zero-order valence-corrected chi connectivity index (χ0v) is 12.6. The van der Waals surface area contributed by atoms with E-state index in [2.05, 4.69) is 31.9 Å². The number of benzene rings is 2. The van der Waals surface area contributed by atoms with Crippen LogP contribution in [0.5, 0.6) is 0 Å². The number of halogens is 3. The van der Waals surface area contributed by atoms with Crippen molar-refractivity contribution >= 4 is 31.9 Å². The second kappa shape index (κ2) is 5.95. The minimum absolute atomic E-state index is 0.359. The topological polar surface area (TPSA) is 20.2 Å². The van der Waals surface area contributed by atoms with E-state index >= 15 is 0 Å². The largest absolute Gasteiger partial charge is 0.388 e. The number of hydrogen-bond acceptors (Lipinski definition) is 1. The highest BCUT2D eigenvalue weighted by molar-refractivity contribution is 9.10. The van der Waals surface area contributed by atoms with Gasteiger partial charge in [0.1, 0.15) is 5.82 Å². The molecule has 2 aromatic rings. The second-order valence-electron chi connectivity index (χ2n) is 4.02. The lowest BCUT2D eigenvalue weighted by Gasteiger charge is -2.11. The Morgan fingerprint density at radius 1 is 1.06 bits per heavy atom. The van der Waals surface area contributed by atoms with Crippen LogP contribution in [0.2, 0.25) is 0 Å². The van der Waals surface area contributed by atoms with E-state index in [1.165, 1.54) is 6.07 Å². The molecule has 4 heteroatoms. The Balaban J connectivity index is 2.13. The van der Waals surface area contributed by atoms with Crippen molar-refractivity contribution in [1.29, 1.82) is 0 Å². The van der Waals surface area contributed by atoms with Crippen LogP contribution in [-0.2, 0) is 6.42 Å². The molecule has 1 atom stereocenters. The molecule has 2 rings (SSSR count). The monoisotopic (exact) mass is 372 g/mol. The first-order chi connectivity index (χ1) is 8.56. The standard InChI is InChI=1S/C14H11Br2FO/c15-11-4-1-9(2-5-11)7-14(18)10-3-6-12(16)13(17)8-10/h1-6,8,14,18H,7H2. The molecule has 0 amide bonds. The summed E-state index contributed by atoms with van der Waals surface area (Å²) in [6.07, 6.45) is -0.234. The molecular formula is C14H11Br2FO. The Kier molecular flexibility index (Phi) is 4.54. The SMILES string of the molecule is OC(Cc1ccc(Br)cc1)c1ccc(Br)c(F)c1. The van der Waals surface area contributed by atoms with E-state index < -0.39 is 6.10 Å². The molecule has 0 aliphatic rings. The van der Waals surface area contributed by atoms with Gasteiger partial charge in [0.05, 0.1) is 10.6 Å². The average Bonchev–Trinajstić information content (AvgIpc) is 2.35. The fourth-order valence-electron chi connectivity index (χ4n) is 1.68. The highest BCUT2D eigenvalue weighted by atomic mass is 79.9. The lowest BCUT2D eigenvalue weighted by molar-refractivity contribution is 0.178. The van der Waals surface area contributed by atoms with Gasteiger partial charge in [-0.2, -0.15) is 0 Å². The zero-order chi connectivity index (χ0) is 13.1. The van der Waals surface area contributed by atoms with Crippen molar-refractivity contribution in [2.45, 2.75) is 12.5 Å². The van der Waals surface area contributed by atoms with E-state index in [-0.39, 0.29) is 5.82 Å². The summed E-state index contributed by atoms with van der Waals surface area (Å²) in [6.45, 7) is 0. The molecule has 0 heterocycles. The molecule has 0 spiro atoms. The van der Waals surface area contributed by atoms with E-state index in [4.69, 9.17) is 0 Å². The fraction of sp³-hybridized carbons (Fsp3) is 0.143. The molecular weight excluding hydrogens is 363 g/mol. The van der Waals surface area contributed by atoms with E-state index in [1.54, 1.807) is 12.1 Å². The number of aliphatic hydroxyl groups is 1. The van der Waals surface area contributed by atoms with Crippen LogP contribution in [0.4, 0.5) is 4.39 Å². The van der Waals surface area contributed by atoms with Gasteiger partial charge in [-0.25, -0.2) is 4.39 Å². The summed E-state index contributed by atoms with van der Waals surface area (Å²) in [5, 5.41) is 10.1. The molecule has 18 heavy (non-hydrogen) atoms. The van der Waals surface area contributed by atoms with Gasteiger partial charge in [-0.05, 0) is 51.3 Å². The van der Waals surface area contributed by atoms with Crippen molar-refractivity contribution in [3.05, 3.63) is 68.4 Å². The number of rotatable bonds is 3. The Labute approximate surface area is 122 Å². The Morgan fingerprint density at radius 2 is 1.72 bits per heavy atom. The minimum atomic E-state index is -0.700. The van der Waals surface area contributed by atoms with Crippen molar-refractivity contribution in [3.63, 3.8) is 0 Å². The second-order valence-corrected chi connectivity index (χ2v) is 5.79. The maximum atomic E-state index is 13.4. The molecule has 0 bridgehead atoms. The lowest BCUT2D eigenvalue weighted by atomic mass is 10.0. The van der Waals surface area contributed by atoms with Gasteiger partial charge in [0, 0.05) is 10.9 Å². The summed E-state index contributed by atoms with van der Waals surface area (Å²) >= 11 is 6.45. The molecule has 0 aliphatic heterocycles. The predicted octanol–water partition coefficient (Wildman–Crippen LogP) is 4.63. The fourth-order valence-corrected chi connectivity index (χ4v) is 2.19. The van der Waals surface area contributed by atoms with Crippen molar-refractivity contribution in [2.75, 3.05) is 0 Å². The van der Waals surface area contributed by atoms with Crippen LogP contribution in [0.1, 0.15) is 17.2 Å². The first-order valence-electron chi connectivity index (χ1n) is 5.44. The van der Waals surface area contributed by atoms with Crippen LogP contribution < -0.4 is 0 Å². The Hall–Kier alpha value is -0.710. The Morgan fingerprint density at radius 3 is 2.33 bits per heavy atom. The molecule has 0 saturated carbocycles. The van der Waals surface area contributed by atoms with Crippen molar-refractivity contribution in [1.82, 2.24) is 0 Å². The summed E-state index contributed by atoms with van der Waals surface area (Å²) < 4.78 is 14.8. The maximum absolute atomic E-state index is 13.4.